The molecule has 0 spiro atoms. The van der Waals surface area contributed by atoms with E-state index >= 15 is 0 Å². The van der Waals surface area contributed by atoms with Crippen molar-refractivity contribution in [1.82, 2.24) is 20.4 Å². The van der Waals surface area contributed by atoms with Crippen molar-refractivity contribution in [2.75, 3.05) is 13.1 Å². The van der Waals surface area contributed by atoms with Gasteiger partial charge in [0.05, 0.1) is 6.54 Å². The van der Waals surface area contributed by atoms with Gasteiger partial charge in [0.2, 0.25) is 0 Å². The fourth-order valence-corrected chi connectivity index (χ4v) is 3.78. The van der Waals surface area contributed by atoms with E-state index in [0.717, 1.165) is 24.1 Å². The van der Waals surface area contributed by atoms with E-state index < -0.39 is 0 Å². The molecule has 2 N–H and O–H groups in total. The zero-order valence-corrected chi connectivity index (χ0v) is 17.3. The molecule has 0 bridgehead atoms. The molecule has 1 aliphatic rings. The highest BCUT2D eigenvalue weighted by Crippen LogP contribution is 2.22. The average Bonchev–Trinajstić information content (AvgIpc) is 3.21. The van der Waals surface area contributed by atoms with Crippen LogP contribution in [0.2, 0.25) is 5.02 Å². The first-order valence-electron chi connectivity index (χ1n) is 10.0. The Morgan fingerprint density at radius 3 is 2.63 bits per heavy atom. The molecule has 4 rings (SSSR count). The number of H-pyrrole nitrogens is 1. The number of hydrogen-bond donors (Lipinski definition) is 2. The van der Waals surface area contributed by atoms with Gasteiger partial charge in [-0.1, -0.05) is 41.9 Å². The lowest BCUT2D eigenvalue weighted by Crippen LogP contribution is -2.37. The monoisotopic (exact) mass is 422 g/mol. The summed E-state index contributed by atoms with van der Waals surface area (Å²) in [7, 11) is 0. The maximum Gasteiger partial charge on any atom is 0.272 e. The van der Waals surface area contributed by atoms with E-state index in [2.05, 4.69) is 27.6 Å². The Bertz CT molecular complexity index is 1030. The van der Waals surface area contributed by atoms with Gasteiger partial charge in [0.15, 0.2) is 5.69 Å². The maximum atomic E-state index is 12.8. The van der Waals surface area contributed by atoms with Crippen LogP contribution < -0.4 is 5.32 Å². The topological polar surface area (TPSA) is 78.1 Å². The number of halogens is 1. The van der Waals surface area contributed by atoms with Crippen LogP contribution in [0.3, 0.4) is 0 Å². The standard InChI is InChI=1S/C23H23ClN4O2/c24-18-10-8-17(9-11-18)23(30)28-14-12-20-19(15-28)21(27-26-20)22(29)25-13-4-7-16-5-2-1-3-6-16/h1-3,5-6,8-11H,4,7,12-15H2,(H,25,29)(H,26,27). The molecule has 0 aliphatic carbocycles. The second-order valence-corrected chi connectivity index (χ2v) is 7.79. The summed E-state index contributed by atoms with van der Waals surface area (Å²) in [6.45, 7) is 1.51. The van der Waals surface area contributed by atoms with Crippen molar-refractivity contribution in [1.29, 1.82) is 0 Å². The number of aromatic nitrogens is 2. The minimum atomic E-state index is -0.207. The number of nitrogens with zero attached hydrogens (tertiary/aromatic N) is 2. The van der Waals surface area contributed by atoms with Crippen molar-refractivity contribution in [3.8, 4) is 0 Å². The summed E-state index contributed by atoms with van der Waals surface area (Å²) >= 11 is 5.92. The molecule has 1 aromatic heterocycles. The third-order valence-electron chi connectivity index (χ3n) is 5.30. The lowest BCUT2D eigenvalue weighted by Gasteiger charge is -2.27. The van der Waals surface area contributed by atoms with Gasteiger partial charge in [0.1, 0.15) is 0 Å². The van der Waals surface area contributed by atoms with Gasteiger partial charge in [-0.05, 0) is 42.7 Å². The quantitative estimate of drug-likeness (QED) is 0.595. The van der Waals surface area contributed by atoms with Crippen molar-refractivity contribution in [2.45, 2.75) is 25.8 Å². The molecule has 2 amide bonds. The summed E-state index contributed by atoms with van der Waals surface area (Å²) in [6, 6.07) is 17.0. The number of aromatic amines is 1. The third kappa shape index (κ3) is 4.54. The minimum absolute atomic E-state index is 0.0762. The highest BCUT2D eigenvalue weighted by molar-refractivity contribution is 6.30. The first kappa shape index (κ1) is 20.2. The lowest BCUT2D eigenvalue weighted by atomic mass is 10.0. The molecular formula is C23H23ClN4O2. The van der Waals surface area contributed by atoms with E-state index in [4.69, 9.17) is 11.6 Å². The predicted molar refractivity (Wildman–Crippen MR) is 116 cm³/mol. The van der Waals surface area contributed by atoms with Crippen LogP contribution in [0.4, 0.5) is 0 Å². The fraction of sp³-hybridized carbons (Fsp3) is 0.261. The molecule has 7 heteroatoms. The molecule has 6 nitrogen and oxygen atoms in total. The molecule has 3 aromatic rings. The van der Waals surface area contributed by atoms with Gasteiger partial charge in [0.25, 0.3) is 11.8 Å². The molecule has 0 saturated heterocycles. The SMILES string of the molecule is O=C(NCCCc1ccccc1)c1n[nH]c2c1CN(C(=O)c1ccc(Cl)cc1)CC2. The maximum absolute atomic E-state index is 12.8. The van der Waals surface area contributed by atoms with Gasteiger partial charge < -0.3 is 10.2 Å². The number of aryl methyl sites for hydroxylation is 1. The first-order valence-corrected chi connectivity index (χ1v) is 10.4. The van der Waals surface area contributed by atoms with E-state index in [1.165, 1.54) is 5.56 Å². The van der Waals surface area contributed by atoms with Crippen molar-refractivity contribution >= 4 is 23.4 Å². The number of carbonyl (C=O) groups is 2. The Balaban J connectivity index is 1.36. The van der Waals surface area contributed by atoms with Crippen LogP contribution in [0, 0.1) is 0 Å². The summed E-state index contributed by atoms with van der Waals surface area (Å²) in [5.41, 5.74) is 3.92. The number of amides is 2. The largest absolute Gasteiger partial charge is 0.351 e. The lowest BCUT2D eigenvalue weighted by molar-refractivity contribution is 0.0731. The summed E-state index contributed by atoms with van der Waals surface area (Å²) in [6.07, 6.45) is 2.40. The van der Waals surface area contributed by atoms with Crippen LogP contribution in [0.5, 0.6) is 0 Å². The van der Waals surface area contributed by atoms with E-state index in [0.29, 0.717) is 42.3 Å². The van der Waals surface area contributed by atoms with Gasteiger partial charge in [-0.25, -0.2) is 0 Å². The second-order valence-electron chi connectivity index (χ2n) is 7.36. The van der Waals surface area contributed by atoms with Crippen molar-refractivity contribution in [2.24, 2.45) is 0 Å². The number of hydrogen-bond acceptors (Lipinski definition) is 3. The number of nitrogens with one attached hydrogen (secondary N) is 2. The van der Waals surface area contributed by atoms with E-state index in [1.807, 2.05) is 18.2 Å². The molecule has 30 heavy (non-hydrogen) atoms. The normalized spacial score (nSPS) is 13.0. The van der Waals surface area contributed by atoms with Crippen molar-refractivity contribution in [3.05, 3.63) is 87.7 Å². The Hall–Kier alpha value is -3.12. The molecule has 0 fully saturated rings. The number of fused-ring (bicyclic) bond motifs is 1. The third-order valence-corrected chi connectivity index (χ3v) is 5.55. The van der Waals surface area contributed by atoms with Crippen molar-refractivity contribution < 1.29 is 9.59 Å². The summed E-state index contributed by atoms with van der Waals surface area (Å²) in [5, 5.41) is 10.7. The van der Waals surface area contributed by atoms with Crippen LogP contribution in [0.25, 0.3) is 0 Å². The molecule has 154 valence electrons. The smallest absolute Gasteiger partial charge is 0.272 e. The fourth-order valence-electron chi connectivity index (χ4n) is 3.65. The average molecular weight is 423 g/mol. The van der Waals surface area contributed by atoms with Gasteiger partial charge in [-0.15, -0.1) is 0 Å². The van der Waals surface area contributed by atoms with Crippen LogP contribution in [0.1, 0.15) is 44.1 Å². The highest BCUT2D eigenvalue weighted by atomic mass is 35.5. The van der Waals surface area contributed by atoms with E-state index in [1.54, 1.807) is 29.2 Å². The van der Waals surface area contributed by atoms with Gasteiger partial charge in [0, 0.05) is 41.4 Å². The number of rotatable bonds is 6. The van der Waals surface area contributed by atoms with Crippen LogP contribution >= 0.6 is 11.6 Å². The molecule has 0 saturated carbocycles. The van der Waals surface area contributed by atoms with Gasteiger partial charge in [-0.2, -0.15) is 5.10 Å². The summed E-state index contributed by atoms with van der Waals surface area (Å²) < 4.78 is 0. The molecule has 2 heterocycles. The van der Waals surface area contributed by atoms with E-state index in [9.17, 15) is 9.59 Å². The second kappa shape index (κ2) is 9.13. The van der Waals surface area contributed by atoms with Crippen LogP contribution in [0.15, 0.2) is 54.6 Å². The van der Waals surface area contributed by atoms with Crippen LogP contribution in [-0.2, 0) is 19.4 Å². The van der Waals surface area contributed by atoms with E-state index in [-0.39, 0.29) is 11.8 Å². The molecule has 0 unspecified atom stereocenters. The molecule has 2 aromatic carbocycles. The van der Waals surface area contributed by atoms with Gasteiger partial charge in [-0.3, -0.25) is 14.7 Å². The highest BCUT2D eigenvalue weighted by Gasteiger charge is 2.28. The molecule has 1 aliphatic heterocycles. The molecule has 0 radical (unpaired) electrons. The zero-order valence-electron chi connectivity index (χ0n) is 16.5. The Labute approximate surface area is 180 Å². The molecular weight excluding hydrogens is 400 g/mol. The minimum Gasteiger partial charge on any atom is -0.351 e. The number of carbonyl (C=O) groups excluding carboxylic acids is 2. The molecule has 0 atom stereocenters. The Kier molecular flexibility index (Phi) is 6.14. The first-order chi connectivity index (χ1) is 14.6. The number of benzene rings is 2. The Morgan fingerprint density at radius 2 is 1.87 bits per heavy atom. The van der Waals surface area contributed by atoms with Crippen LogP contribution in [-0.4, -0.2) is 40.0 Å². The zero-order chi connectivity index (χ0) is 20.9. The Morgan fingerprint density at radius 1 is 1.10 bits per heavy atom. The summed E-state index contributed by atoms with van der Waals surface area (Å²) in [4.78, 5) is 27.2. The predicted octanol–water partition coefficient (Wildman–Crippen LogP) is 3.62. The summed E-state index contributed by atoms with van der Waals surface area (Å²) in [5.74, 6) is -0.283. The van der Waals surface area contributed by atoms with Gasteiger partial charge >= 0.3 is 0 Å². The van der Waals surface area contributed by atoms with Crippen molar-refractivity contribution in [3.63, 3.8) is 0 Å².